The van der Waals surface area contributed by atoms with E-state index in [-0.39, 0.29) is 23.4 Å². The van der Waals surface area contributed by atoms with Gasteiger partial charge in [-0.15, -0.1) is 0 Å². The lowest BCUT2D eigenvalue weighted by Crippen LogP contribution is -2.54. The average Bonchev–Trinajstić information content (AvgIpc) is 3.21. The van der Waals surface area contributed by atoms with E-state index >= 15 is 0 Å². The number of nitrogens with one attached hydrogen (secondary N) is 1. The average molecular weight is 382 g/mol. The van der Waals surface area contributed by atoms with Gasteiger partial charge in [0.1, 0.15) is 0 Å². The zero-order chi connectivity index (χ0) is 20.0. The SMILES string of the molecule is CCn1cc(C(=O)N2CC(C(=O)Nc3ccc4c(c3)n(C)c(=O)n4C)C2)cn1. The Hall–Kier alpha value is -3.36. The second-order valence-corrected chi connectivity index (χ2v) is 7.09. The van der Waals surface area contributed by atoms with Gasteiger partial charge in [0.15, 0.2) is 0 Å². The van der Waals surface area contributed by atoms with Gasteiger partial charge in [-0.1, -0.05) is 0 Å². The molecule has 1 N–H and O–H groups in total. The van der Waals surface area contributed by atoms with Crippen molar-refractivity contribution in [1.82, 2.24) is 23.8 Å². The van der Waals surface area contributed by atoms with E-state index in [1.807, 2.05) is 13.0 Å². The number of fused-ring (bicyclic) bond motifs is 1. The van der Waals surface area contributed by atoms with Gasteiger partial charge in [-0.2, -0.15) is 5.10 Å². The summed E-state index contributed by atoms with van der Waals surface area (Å²) in [6.07, 6.45) is 3.27. The van der Waals surface area contributed by atoms with E-state index in [1.54, 1.807) is 57.3 Å². The zero-order valence-corrected chi connectivity index (χ0v) is 16.0. The van der Waals surface area contributed by atoms with E-state index in [9.17, 15) is 14.4 Å². The van der Waals surface area contributed by atoms with E-state index < -0.39 is 0 Å². The number of benzene rings is 1. The molecule has 2 aromatic heterocycles. The molecule has 3 aromatic rings. The molecule has 1 fully saturated rings. The lowest BCUT2D eigenvalue weighted by atomic mass is 9.98. The third-order valence-corrected chi connectivity index (χ3v) is 5.28. The van der Waals surface area contributed by atoms with E-state index in [1.165, 1.54) is 0 Å². The van der Waals surface area contributed by atoms with E-state index in [0.29, 0.717) is 30.9 Å². The van der Waals surface area contributed by atoms with Gasteiger partial charge >= 0.3 is 5.69 Å². The Kier molecular flexibility index (Phi) is 4.29. The van der Waals surface area contributed by atoms with E-state index in [4.69, 9.17) is 0 Å². The first-order valence-electron chi connectivity index (χ1n) is 9.17. The number of carbonyl (C=O) groups is 2. The summed E-state index contributed by atoms with van der Waals surface area (Å²) in [5, 5.41) is 7.00. The highest BCUT2D eigenvalue weighted by Crippen LogP contribution is 2.22. The van der Waals surface area contributed by atoms with E-state index in [0.717, 1.165) is 11.0 Å². The van der Waals surface area contributed by atoms with Crippen LogP contribution in [0.15, 0.2) is 35.4 Å². The number of anilines is 1. The van der Waals surface area contributed by atoms with Gasteiger partial charge in [0.05, 0.1) is 28.7 Å². The monoisotopic (exact) mass is 382 g/mol. The van der Waals surface area contributed by atoms with Gasteiger partial charge in [0.25, 0.3) is 5.91 Å². The molecule has 1 aliphatic heterocycles. The maximum absolute atomic E-state index is 12.5. The summed E-state index contributed by atoms with van der Waals surface area (Å²) in [5.41, 5.74) is 2.61. The molecule has 0 bridgehead atoms. The number of hydrogen-bond donors (Lipinski definition) is 1. The highest BCUT2D eigenvalue weighted by Gasteiger charge is 2.36. The minimum Gasteiger partial charge on any atom is -0.337 e. The number of imidazole rings is 1. The number of rotatable bonds is 4. The standard InChI is InChI=1S/C19H22N6O3/c1-4-25-11-12(8-20-25)18(27)24-9-13(10-24)17(26)21-14-5-6-15-16(7-14)23(3)19(28)22(15)2/h5-8,11,13H,4,9-10H2,1-3H3,(H,21,26). The predicted octanol–water partition coefficient (Wildman–Crippen LogP) is 0.804. The molecule has 1 aromatic carbocycles. The van der Waals surface area contributed by atoms with Crippen LogP contribution in [0.5, 0.6) is 0 Å². The van der Waals surface area contributed by atoms with Crippen LogP contribution in [0.25, 0.3) is 11.0 Å². The van der Waals surface area contributed by atoms with Crippen molar-refractivity contribution in [3.8, 4) is 0 Å². The maximum atomic E-state index is 12.5. The highest BCUT2D eigenvalue weighted by atomic mass is 16.2. The highest BCUT2D eigenvalue weighted by molar-refractivity contribution is 5.99. The topological polar surface area (TPSA) is 94.2 Å². The van der Waals surface area contributed by atoms with Crippen LogP contribution in [0, 0.1) is 5.92 Å². The van der Waals surface area contributed by atoms with Crippen LogP contribution in [0.1, 0.15) is 17.3 Å². The molecular formula is C19H22N6O3. The van der Waals surface area contributed by atoms with Crippen LogP contribution in [-0.4, -0.2) is 48.7 Å². The first-order valence-corrected chi connectivity index (χ1v) is 9.17. The smallest absolute Gasteiger partial charge is 0.328 e. The Balaban J connectivity index is 1.40. The fourth-order valence-electron chi connectivity index (χ4n) is 3.47. The molecule has 1 aliphatic rings. The zero-order valence-electron chi connectivity index (χ0n) is 16.0. The summed E-state index contributed by atoms with van der Waals surface area (Å²) in [6.45, 7) is 3.42. The van der Waals surface area contributed by atoms with Gasteiger partial charge in [0.2, 0.25) is 5.91 Å². The number of nitrogens with zero attached hydrogens (tertiary/aromatic N) is 5. The van der Waals surface area contributed by atoms with Gasteiger partial charge in [-0.25, -0.2) is 4.79 Å². The third kappa shape index (κ3) is 2.88. The second-order valence-electron chi connectivity index (χ2n) is 7.09. The predicted molar refractivity (Wildman–Crippen MR) is 104 cm³/mol. The van der Waals surface area contributed by atoms with Gasteiger partial charge in [-0.05, 0) is 25.1 Å². The minimum atomic E-state index is -0.250. The third-order valence-electron chi connectivity index (χ3n) is 5.28. The number of aryl methyl sites for hydroxylation is 3. The second kappa shape index (κ2) is 6.66. The van der Waals surface area contributed by atoms with Crippen LogP contribution in [0.3, 0.4) is 0 Å². The summed E-state index contributed by atoms with van der Waals surface area (Å²) >= 11 is 0. The first-order chi connectivity index (χ1) is 13.4. The van der Waals surface area contributed by atoms with Crippen molar-refractivity contribution in [2.24, 2.45) is 20.0 Å². The summed E-state index contributed by atoms with van der Waals surface area (Å²) in [4.78, 5) is 38.6. The molecule has 0 spiro atoms. The van der Waals surface area contributed by atoms with Crippen molar-refractivity contribution < 1.29 is 9.59 Å². The molecule has 4 rings (SSSR count). The molecular weight excluding hydrogens is 360 g/mol. The number of amides is 2. The van der Waals surface area contributed by atoms with Crippen molar-refractivity contribution >= 4 is 28.5 Å². The van der Waals surface area contributed by atoms with Crippen molar-refractivity contribution in [1.29, 1.82) is 0 Å². The van der Waals surface area contributed by atoms with Gasteiger partial charge in [0, 0.05) is 45.6 Å². The lowest BCUT2D eigenvalue weighted by Gasteiger charge is -2.37. The Labute approximate surface area is 161 Å². The molecule has 0 unspecified atom stereocenters. The van der Waals surface area contributed by atoms with Crippen molar-refractivity contribution in [3.63, 3.8) is 0 Å². The van der Waals surface area contributed by atoms with Crippen molar-refractivity contribution in [3.05, 3.63) is 46.6 Å². The Morgan fingerprint density at radius 3 is 2.57 bits per heavy atom. The van der Waals surface area contributed by atoms with Gasteiger partial charge in [-0.3, -0.25) is 23.4 Å². The van der Waals surface area contributed by atoms with Crippen LogP contribution in [-0.2, 0) is 25.4 Å². The fraction of sp³-hybridized carbons (Fsp3) is 0.368. The molecule has 9 nitrogen and oxygen atoms in total. The Morgan fingerprint density at radius 1 is 1.18 bits per heavy atom. The Morgan fingerprint density at radius 2 is 1.89 bits per heavy atom. The van der Waals surface area contributed by atoms with Crippen molar-refractivity contribution in [2.45, 2.75) is 13.5 Å². The molecule has 9 heteroatoms. The number of hydrogen-bond acceptors (Lipinski definition) is 4. The lowest BCUT2D eigenvalue weighted by molar-refractivity contribution is -0.123. The maximum Gasteiger partial charge on any atom is 0.328 e. The molecule has 0 saturated carbocycles. The Bertz CT molecular complexity index is 1130. The molecule has 3 heterocycles. The van der Waals surface area contributed by atoms with Crippen LogP contribution in [0.4, 0.5) is 5.69 Å². The largest absolute Gasteiger partial charge is 0.337 e. The van der Waals surface area contributed by atoms with Crippen LogP contribution in [0.2, 0.25) is 0 Å². The summed E-state index contributed by atoms with van der Waals surface area (Å²) in [6, 6.07) is 5.38. The number of carbonyl (C=O) groups excluding carboxylic acids is 2. The molecule has 28 heavy (non-hydrogen) atoms. The molecule has 0 radical (unpaired) electrons. The van der Waals surface area contributed by atoms with Crippen molar-refractivity contribution in [2.75, 3.05) is 18.4 Å². The minimum absolute atomic E-state index is 0.107. The number of aromatic nitrogens is 4. The fourth-order valence-corrected chi connectivity index (χ4v) is 3.47. The summed E-state index contributed by atoms with van der Waals surface area (Å²) in [5.74, 6) is -0.488. The van der Waals surface area contributed by atoms with Gasteiger partial charge < -0.3 is 10.2 Å². The first kappa shape index (κ1) is 18.0. The summed E-state index contributed by atoms with van der Waals surface area (Å²) < 4.78 is 4.81. The normalized spacial score (nSPS) is 14.3. The van der Waals surface area contributed by atoms with E-state index in [2.05, 4.69) is 10.4 Å². The molecule has 2 amide bonds. The molecule has 146 valence electrons. The summed E-state index contributed by atoms with van der Waals surface area (Å²) in [7, 11) is 3.42. The molecule has 0 atom stereocenters. The van der Waals surface area contributed by atoms with Crippen LogP contribution < -0.4 is 11.0 Å². The number of likely N-dealkylation sites (tertiary alicyclic amines) is 1. The molecule has 0 aliphatic carbocycles. The quantitative estimate of drug-likeness (QED) is 0.722. The molecule has 1 saturated heterocycles. The van der Waals surface area contributed by atoms with Crippen LogP contribution >= 0.6 is 0 Å².